The SMILES string of the molecule is CCNC1CCCc2sc(C(C)OC)nc21. The second kappa shape index (κ2) is 5.25. The third-order valence-electron chi connectivity index (χ3n) is 3.12. The van der Waals surface area contributed by atoms with E-state index in [0.29, 0.717) is 6.04 Å². The van der Waals surface area contributed by atoms with Gasteiger partial charge < -0.3 is 10.1 Å². The first-order chi connectivity index (χ1) is 7.76. The van der Waals surface area contributed by atoms with Gasteiger partial charge in [-0.05, 0) is 32.7 Å². The van der Waals surface area contributed by atoms with E-state index in [1.165, 1.54) is 29.8 Å². The lowest BCUT2D eigenvalue weighted by molar-refractivity contribution is 0.119. The van der Waals surface area contributed by atoms with Crippen molar-refractivity contribution in [3.05, 3.63) is 15.6 Å². The number of nitrogens with one attached hydrogen (secondary N) is 1. The first-order valence-corrected chi connectivity index (χ1v) is 6.83. The molecule has 0 radical (unpaired) electrons. The number of hydrogen-bond acceptors (Lipinski definition) is 4. The van der Waals surface area contributed by atoms with E-state index >= 15 is 0 Å². The number of thiazole rings is 1. The Kier molecular flexibility index (Phi) is 3.95. The van der Waals surface area contributed by atoms with Crippen molar-refractivity contribution < 1.29 is 4.74 Å². The molecule has 1 aromatic heterocycles. The highest BCUT2D eigenvalue weighted by Crippen LogP contribution is 2.35. The lowest BCUT2D eigenvalue weighted by Crippen LogP contribution is -2.24. The average Bonchev–Trinajstić information content (AvgIpc) is 2.73. The molecule has 1 aliphatic carbocycles. The molecular formula is C12H20N2OS. The topological polar surface area (TPSA) is 34.1 Å². The van der Waals surface area contributed by atoms with Crippen LogP contribution in [0.4, 0.5) is 0 Å². The van der Waals surface area contributed by atoms with Crippen molar-refractivity contribution >= 4 is 11.3 Å². The lowest BCUT2D eigenvalue weighted by Gasteiger charge is -2.21. The summed E-state index contributed by atoms with van der Waals surface area (Å²) in [6, 6.07) is 0.461. The zero-order chi connectivity index (χ0) is 11.5. The number of rotatable bonds is 4. The van der Waals surface area contributed by atoms with Gasteiger partial charge in [-0.2, -0.15) is 0 Å². The van der Waals surface area contributed by atoms with Gasteiger partial charge in [-0.25, -0.2) is 4.98 Å². The van der Waals surface area contributed by atoms with Crippen molar-refractivity contribution in [3.8, 4) is 0 Å². The second-order valence-electron chi connectivity index (χ2n) is 4.24. The van der Waals surface area contributed by atoms with E-state index in [1.807, 2.05) is 11.3 Å². The smallest absolute Gasteiger partial charge is 0.122 e. The molecule has 16 heavy (non-hydrogen) atoms. The van der Waals surface area contributed by atoms with Gasteiger partial charge in [0.1, 0.15) is 11.1 Å². The summed E-state index contributed by atoms with van der Waals surface area (Å²) in [7, 11) is 1.74. The Balaban J connectivity index is 2.23. The molecule has 2 atom stereocenters. The van der Waals surface area contributed by atoms with Gasteiger partial charge in [0.05, 0.1) is 11.7 Å². The fourth-order valence-corrected chi connectivity index (χ4v) is 3.35. The number of aryl methyl sites for hydroxylation is 1. The van der Waals surface area contributed by atoms with E-state index in [9.17, 15) is 0 Å². The minimum absolute atomic E-state index is 0.123. The number of aromatic nitrogens is 1. The largest absolute Gasteiger partial charge is 0.375 e. The van der Waals surface area contributed by atoms with Crippen LogP contribution in [0.1, 0.15) is 54.4 Å². The normalized spacial score (nSPS) is 21.8. The lowest BCUT2D eigenvalue weighted by atomic mass is 9.98. The van der Waals surface area contributed by atoms with Crippen LogP contribution in [0.15, 0.2) is 0 Å². The summed E-state index contributed by atoms with van der Waals surface area (Å²) in [6.45, 7) is 5.22. The van der Waals surface area contributed by atoms with E-state index in [2.05, 4.69) is 19.2 Å². The Labute approximate surface area is 101 Å². The van der Waals surface area contributed by atoms with Gasteiger partial charge in [0, 0.05) is 12.0 Å². The molecule has 2 unspecified atom stereocenters. The van der Waals surface area contributed by atoms with E-state index in [1.54, 1.807) is 7.11 Å². The molecule has 2 rings (SSSR count). The van der Waals surface area contributed by atoms with E-state index in [-0.39, 0.29) is 6.10 Å². The molecular weight excluding hydrogens is 220 g/mol. The van der Waals surface area contributed by atoms with Gasteiger partial charge in [-0.3, -0.25) is 0 Å². The van der Waals surface area contributed by atoms with E-state index in [4.69, 9.17) is 9.72 Å². The maximum Gasteiger partial charge on any atom is 0.122 e. The molecule has 90 valence electrons. The Morgan fingerprint density at radius 1 is 1.62 bits per heavy atom. The molecule has 0 fully saturated rings. The van der Waals surface area contributed by atoms with Gasteiger partial charge in [0.15, 0.2) is 0 Å². The predicted molar refractivity (Wildman–Crippen MR) is 66.9 cm³/mol. The van der Waals surface area contributed by atoms with Crippen LogP contribution in [-0.4, -0.2) is 18.6 Å². The number of fused-ring (bicyclic) bond motifs is 1. The molecule has 1 aliphatic rings. The Bertz CT molecular complexity index is 351. The van der Waals surface area contributed by atoms with Gasteiger partial charge in [-0.1, -0.05) is 6.92 Å². The summed E-state index contributed by atoms with van der Waals surface area (Å²) in [6.07, 6.45) is 3.79. The van der Waals surface area contributed by atoms with E-state index in [0.717, 1.165) is 11.6 Å². The fraction of sp³-hybridized carbons (Fsp3) is 0.750. The highest BCUT2D eigenvalue weighted by Gasteiger charge is 2.25. The highest BCUT2D eigenvalue weighted by atomic mass is 32.1. The Morgan fingerprint density at radius 2 is 2.44 bits per heavy atom. The van der Waals surface area contributed by atoms with Crippen molar-refractivity contribution in [1.82, 2.24) is 10.3 Å². The monoisotopic (exact) mass is 240 g/mol. The molecule has 1 heterocycles. The molecule has 3 nitrogen and oxygen atoms in total. The van der Waals surface area contributed by atoms with Crippen LogP contribution in [0.25, 0.3) is 0 Å². The minimum Gasteiger partial charge on any atom is -0.375 e. The van der Waals surface area contributed by atoms with Crippen LogP contribution in [0.2, 0.25) is 0 Å². The van der Waals surface area contributed by atoms with Crippen molar-refractivity contribution in [2.45, 2.75) is 45.3 Å². The number of hydrogen-bond donors (Lipinski definition) is 1. The van der Waals surface area contributed by atoms with Crippen LogP contribution < -0.4 is 5.32 Å². The first-order valence-electron chi connectivity index (χ1n) is 6.02. The Morgan fingerprint density at radius 3 is 3.12 bits per heavy atom. The molecule has 0 saturated heterocycles. The number of nitrogens with zero attached hydrogens (tertiary/aromatic N) is 1. The minimum atomic E-state index is 0.123. The fourth-order valence-electron chi connectivity index (χ4n) is 2.16. The zero-order valence-corrected chi connectivity index (χ0v) is 11.1. The Hall–Kier alpha value is -0.450. The van der Waals surface area contributed by atoms with Crippen LogP contribution in [0, 0.1) is 0 Å². The summed E-state index contributed by atoms with van der Waals surface area (Å²) in [5.74, 6) is 0. The molecule has 0 saturated carbocycles. The van der Waals surface area contributed by atoms with Crippen LogP contribution in [-0.2, 0) is 11.2 Å². The molecule has 0 spiro atoms. The van der Waals surface area contributed by atoms with E-state index < -0.39 is 0 Å². The number of methoxy groups -OCH3 is 1. The van der Waals surface area contributed by atoms with Crippen molar-refractivity contribution in [1.29, 1.82) is 0 Å². The zero-order valence-electron chi connectivity index (χ0n) is 10.2. The molecule has 0 amide bonds. The molecule has 0 aromatic carbocycles. The molecule has 0 aliphatic heterocycles. The molecule has 1 aromatic rings. The molecule has 0 bridgehead atoms. The second-order valence-corrected chi connectivity index (χ2v) is 5.36. The third-order valence-corrected chi connectivity index (χ3v) is 4.41. The first kappa shape index (κ1) is 12.0. The van der Waals surface area contributed by atoms with Crippen LogP contribution >= 0.6 is 11.3 Å². The summed E-state index contributed by atoms with van der Waals surface area (Å²) in [5, 5.41) is 4.64. The summed E-state index contributed by atoms with van der Waals surface area (Å²) in [5.41, 5.74) is 1.28. The molecule has 1 N–H and O–H groups in total. The van der Waals surface area contributed by atoms with Crippen LogP contribution in [0.3, 0.4) is 0 Å². The van der Waals surface area contributed by atoms with Crippen LogP contribution in [0.5, 0.6) is 0 Å². The summed E-state index contributed by atoms with van der Waals surface area (Å²) < 4.78 is 5.34. The number of ether oxygens (including phenoxy) is 1. The summed E-state index contributed by atoms with van der Waals surface area (Å²) in [4.78, 5) is 6.21. The van der Waals surface area contributed by atoms with Crippen molar-refractivity contribution in [2.75, 3.05) is 13.7 Å². The predicted octanol–water partition coefficient (Wildman–Crippen LogP) is 2.84. The summed E-state index contributed by atoms with van der Waals surface area (Å²) >= 11 is 1.82. The standard InChI is InChI=1S/C12H20N2OS/c1-4-13-9-6-5-7-10-11(9)14-12(16-10)8(2)15-3/h8-9,13H,4-7H2,1-3H3. The molecule has 4 heteroatoms. The average molecular weight is 240 g/mol. The van der Waals surface area contributed by atoms with Crippen molar-refractivity contribution in [2.24, 2.45) is 0 Å². The van der Waals surface area contributed by atoms with Gasteiger partial charge >= 0.3 is 0 Å². The van der Waals surface area contributed by atoms with Crippen molar-refractivity contribution in [3.63, 3.8) is 0 Å². The quantitative estimate of drug-likeness (QED) is 0.878. The third kappa shape index (κ3) is 2.29. The maximum absolute atomic E-state index is 5.34. The maximum atomic E-state index is 5.34. The highest BCUT2D eigenvalue weighted by molar-refractivity contribution is 7.11. The van der Waals surface area contributed by atoms with Gasteiger partial charge in [-0.15, -0.1) is 11.3 Å². The van der Waals surface area contributed by atoms with Gasteiger partial charge in [0.25, 0.3) is 0 Å². The van der Waals surface area contributed by atoms with Gasteiger partial charge in [0.2, 0.25) is 0 Å².